The lowest BCUT2D eigenvalue weighted by atomic mass is 10.2. The summed E-state index contributed by atoms with van der Waals surface area (Å²) in [4.78, 5) is 26.0. The molecule has 0 saturated heterocycles. The fraction of sp³-hybridized carbons (Fsp3) is 0.120. The topological polar surface area (TPSA) is 81.3 Å². The van der Waals surface area contributed by atoms with Crippen LogP contribution in [0.15, 0.2) is 76.7 Å². The minimum absolute atomic E-state index is 0.100. The van der Waals surface area contributed by atoms with Gasteiger partial charge in [-0.05, 0) is 55.8 Å². The summed E-state index contributed by atoms with van der Waals surface area (Å²) < 4.78 is 3.36. The van der Waals surface area contributed by atoms with Gasteiger partial charge in [-0.3, -0.25) is 14.0 Å². The van der Waals surface area contributed by atoms with Crippen LogP contribution in [0.25, 0.3) is 22.4 Å². The number of carbonyl (C=O) groups excluding carboxylic acids is 1. The summed E-state index contributed by atoms with van der Waals surface area (Å²) >= 11 is 7.48. The minimum atomic E-state index is -0.219. The van der Waals surface area contributed by atoms with E-state index in [4.69, 9.17) is 11.6 Å². The fourth-order valence-electron chi connectivity index (χ4n) is 3.74. The highest BCUT2D eigenvalue weighted by Gasteiger charge is 2.18. The first kappa shape index (κ1) is 22.2. The lowest BCUT2D eigenvalue weighted by molar-refractivity contribution is -0.113. The number of aromatic nitrogens is 4. The maximum absolute atomic E-state index is 13.4. The number of amides is 1. The molecule has 5 aromatic rings. The van der Waals surface area contributed by atoms with Crippen LogP contribution in [0.3, 0.4) is 0 Å². The van der Waals surface area contributed by atoms with Gasteiger partial charge in [0.2, 0.25) is 11.7 Å². The number of nitrogens with zero attached hydrogens (tertiary/aromatic N) is 4. The molecule has 0 radical (unpaired) electrons. The lowest BCUT2D eigenvalue weighted by Crippen LogP contribution is -2.22. The van der Waals surface area contributed by atoms with Crippen LogP contribution in [0.5, 0.6) is 0 Å². The molecule has 0 bridgehead atoms. The van der Waals surface area contributed by atoms with E-state index in [0.717, 1.165) is 11.1 Å². The average Bonchev–Trinajstić information content (AvgIpc) is 3.25. The number of nitrogens with one attached hydrogen (secondary N) is 1. The molecule has 0 saturated carbocycles. The van der Waals surface area contributed by atoms with E-state index < -0.39 is 0 Å². The summed E-state index contributed by atoms with van der Waals surface area (Å²) in [5.41, 5.74) is 3.86. The Labute approximate surface area is 204 Å². The highest BCUT2D eigenvalue weighted by molar-refractivity contribution is 7.99. The molecule has 0 aliphatic heterocycles. The average molecular weight is 490 g/mol. The van der Waals surface area contributed by atoms with Gasteiger partial charge in [0.1, 0.15) is 0 Å². The van der Waals surface area contributed by atoms with E-state index in [1.807, 2.05) is 66.8 Å². The van der Waals surface area contributed by atoms with E-state index in [-0.39, 0.29) is 17.2 Å². The Kier molecular flexibility index (Phi) is 5.85. The van der Waals surface area contributed by atoms with E-state index in [1.54, 1.807) is 22.8 Å². The molecule has 5 rings (SSSR count). The largest absolute Gasteiger partial charge is 0.324 e. The molecule has 34 heavy (non-hydrogen) atoms. The van der Waals surface area contributed by atoms with Gasteiger partial charge in [-0.25, -0.2) is 4.57 Å². The van der Waals surface area contributed by atoms with Gasteiger partial charge >= 0.3 is 0 Å². The molecular formula is C25H20ClN5O2S. The number of carbonyl (C=O) groups is 1. The molecule has 7 nitrogen and oxygen atoms in total. The van der Waals surface area contributed by atoms with Crippen LogP contribution in [-0.4, -0.2) is 30.8 Å². The van der Waals surface area contributed by atoms with Crippen LogP contribution in [0.1, 0.15) is 11.1 Å². The highest BCUT2D eigenvalue weighted by Crippen LogP contribution is 2.25. The molecule has 0 aliphatic rings. The minimum Gasteiger partial charge on any atom is -0.324 e. The monoisotopic (exact) mass is 489 g/mol. The molecule has 1 N–H and O–H groups in total. The number of aryl methyl sites for hydroxylation is 2. The number of halogens is 1. The van der Waals surface area contributed by atoms with Crippen molar-refractivity contribution in [3.05, 3.63) is 93.2 Å². The van der Waals surface area contributed by atoms with Gasteiger partial charge in [-0.15, -0.1) is 10.2 Å². The van der Waals surface area contributed by atoms with Crippen LogP contribution in [0.2, 0.25) is 5.02 Å². The third-order valence-corrected chi connectivity index (χ3v) is 6.66. The zero-order valence-electron chi connectivity index (χ0n) is 18.4. The number of hydrogen-bond acceptors (Lipinski definition) is 5. The first-order valence-corrected chi connectivity index (χ1v) is 11.9. The Balaban J connectivity index is 1.53. The quantitative estimate of drug-likeness (QED) is 0.350. The predicted octanol–water partition coefficient (Wildman–Crippen LogP) is 5.03. The second kappa shape index (κ2) is 8.96. The molecule has 0 spiro atoms. The van der Waals surface area contributed by atoms with Crippen molar-refractivity contribution in [3.63, 3.8) is 0 Å². The fourth-order valence-corrected chi connectivity index (χ4v) is 4.76. The summed E-state index contributed by atoms with van der Waals surface area (Å²) in [5.74, 6) is 0.268. The van der Waals surface area contributed by atoms with Gasteiger partial charge in [-0.1, -0.05) is 59.3 Å². The van der Waals surface area contributed by atoms with Gasteiger partial charge in [0, 0.05) is 0 Å². The van der Waals surface area contributed by atoms with E-state index in [2.05, 4.69) is 15.5 Å². The van der Waals surface area contributed by atoms with Crippen molar-refractivity contribution >= 4 is 51.6 Å². The van der Waals surface area contributed by atoms with Crippen molar-refractivity contribution < 1.29 is 4.79 Å². The van der Waals surface area contributed by atoms with Gasteiger partial charge < -0.3 is 5.32 Å². The number of thioether (sulfide) groups is 1. The molecule has 0 aliphatic carbocycles. The maximum atomic E-state index is 13.4. The summed E-state index contributed by atoms with van der Waals surface area (Å²) in [6.45, 7) is 3.92. The number of para-hydroxylation sites is 1. The van der Waals surface area contributed by atoms with Crippen LogP contribution in [-0.2, 0) is 4.79 Å². The Morgan fingerprint density at radius 1 is 1.00 bits per heavy atom. The van der Waals surface area contributed by atoms with Crippen molar-refractivity contribution in [2.24, 2.45) is 0 Å². The first-order chi connectivity index (χ1) is 16.4. The molecular weight excluding hydrogens is 470 g/mol. The molecule has 0 unspecified atom stereocenters. The highest BCUT2D eigenvalue weighted by atomic mass is 35.5. The number of rotatable bonds is 5. The van der Waals surface area contributed by atoms with Crippen LogP contribution < -0.4 is 10.9 Å². The SMILES string of the molecule is Cc1ccc(-n2c(=O)c3ccccc3n3c(SCC(=O)Nc4ccc(C)cc4Cl)nnc23)cc1. The second-order valence-electron chi connectivity index (χ2n) is 7.93. The molecule has 170 valence electrons. The zero-order valence-corrected chi connectivity index (χ0v) is 20.0. The molecule has 3 aromatic carbocycles. The maximum Gasteiger partial charge on any atom is 0.267 e. The normalized spacial score (nSPS) is 11.3. The number of fused-ring (bicyclic) bond motifs is 3. The Hall–Kier alpha value is -3.62. The molecule has 0 fully saturated rings. The van der Waals surface area contributed by atoms with Gasteiger partial charge in [0.15, 0.2) is 5.16 Å². The van der Waals surface area contributed by atoms with Crippen molar-refractivity contribution in [1.29, 1.82) is 0 Å². The summed E-state index contributed by atoms with van der Waals surface area (Å²) in [6.07, 6.45) is 0. The standard InChI is InChI=1S/C25H20ClN5O2S/c1-15-7-10-17(11-8-15)30-23(33)18-5-3-4-6-21(18)31-24(30)28-29-25(31)34-14-22(32)27-20-12-9-16(2)13-19(20)26/h3-13H,14H2,1-2H3,(H,27,32). The van der Waals surface area contributed by atoms with Gasteiger partial charge in [0.05, 0.1) is 33.1 Å². The van der Waals surface area contributed by atoms with Crippen molar-refractivity contribution in [1.82, 2.24) is 19.2 Å². The number of hydrogen-bond donors (Lipinski definition) is 1. The zero-order chi connectivity index (χ0) is 23.8. The molecule has 2 heterocycles. The summed E-state index contributed by atoms with van der Waals surface area (Å²) in [7, 11) is 0. The van der Waals surface area contributed by atoms with Crippen molar-refractivity contribution in [2.45, 2.75) is 19.0 Å². The van der Waals surface area contributed by atoms with E-state index in [0.29, 0.717) is 38.2 Å². The van der Waals surface area contributed by atoms with Gasteiger partial charge in [0.25, 0.3) is 5.56 Å². The Morgan fingerprint density at radius 2 is 1.74 bits per heavy atom. The van der Waals surface area contributed by atoms with Crippen LogP contribution >= 0.6 is 23.4 Å². The van der Waals surface area contributed by atoms with Crippen molar-refractivity contribution in [2.75, 3.05) is 11.1 Å². The molecule has 1 amide bonds. The van der Waals surface area contributed by atoms with Crippen LogP contribution in [0, 0.1) is 13.8 Å². The van der Waals surface area contributed by atoms with Gasteiger partial charge in [-0.2, -0.15) is 0 Å². The molecule has 9 heteroatoms. The predicted molar refractivity (Wildman–Crippen MR) is 136 cm³/mol. The van der Waals surface area contributed by atoms with E-state index in [9.17, 15) is 9.59 Å². The number of benzene rings is 3. The third kappa shape index (κ3) is 4.06. The molecule has 2 aromatic heterocycles. The first-order valence-electron chi connectivity index (χ1n) is 10.6. The number of anilines is 1. The smallest absolute Gasteiger partial charge is 0.267 e. The molecule has 0 atom stereocenters. The Bertz CT molecular complexity index is 1610. The van der Waals surface area contributed by atoms with Crippen molar-refractivity contribution in [3.8, 4) is 5.69 Å². The van der Waals surface area contributed by atoms with E-state index >= 15 is 0 Å². The van der Waals surface area contributed by atoms with Crippen LogP contribution in [0.4, 0.5) is 5.69 Å². The summed E-state index contributed by atoms with van der Waals surface area (Å²) in [5, 5.41) is 13.0. The third-order valence-electron chi connectivity index (χ3n) is 5.42. The lowest BCUT2D eigenvalue weighted by Gasteiger charge is -2.11. The van der Waals surface area contributed by atoms with E-state index in [1.165, 1.54) is 11.8 Å². The second-order valence-corrected chi connectivity index (χ2v) is 9.28. The summed E-state index contributed by atoms with van der Waals surface area (Å²) in [6, 6.07) is 20.4. The Morgan fingerprint density at radius 3 is 2.50 bits per heavy atom.